The van der Waals surface area contributed by atoms with Gasteiger partial charge in [0, 0.05) is 43.1 Å². The fraction of sp³-hybridized carbons (Fsp3) is 0.333. The third-order valence-corrected chi connectivity index (χ3v) is 5.61. The summed E-state index contributed by atoms with van der Waals surface area (Å²) >= 11 is 5.75. The van der Waals surface area contributed by atoms with Crippen molar-refractivity contribution in [2.24, 2.45) is 5.92 Å². The van der Waals surface area contributed by atoms with Crippen LogP contribution in [0.5, 0.6) is 0 Å². The van der Waals surface area contributed by atoms with E-state index in [0.717, 1.165) is 24.5 Å². The van der Waals surface area contributed by atoms with E-state index in [9.17, 15) is 14.0 Å². The molecule has 2 aromatic carbocycles. The molecule has 2 aromatic rings. The van der Waals surface area contributed by atoms with E-state index >= 15 is 0 Å². The zero-order chi connectivity index (χ0) is 19.7. The molecule has 5 nitrogen and oxygen atoms in total. The highest BCUT2D eigenvalue weighted by atomic mass is 35.5. The van der Waals surface area contributed by atoms with E-state index in [0.29, 0.717) is 12.2 Å². The third kappa shape index (κ3) is 3.83. The quantitative estimate of drug-likeness (QED) is 0.840. The van der Waals surface area contributed by atoms with Crippen LogP contribution in [0, 0.1) is 11.7 Å². The number of benzene rings is 2. The monoisotopic (exact) mass is 401 g/mol. The maximum absolute atomic E-state index is 13.3. The van der Waals surface area contributed by atoms with Crippen molar-refractivity contribution in [1.29, 1.82) is 0 Å². The van der Waals surface area contributed by atoms with Crippen molar-refractivity contribution in [2.45, 2.75) is 19.3 Å². The number of halogens is 2. The lowest BCUT2D eigenvalue weighted by Gasteiger charge is -2.20. The smallest absolute Gasteiger partial charge is 0.229 e. The van der Waals surface area contributed by atoms with Gasteiger partial charge in [0.25, 0.3) is 0 Å². The van der Waals surface area contributed by atoms with E-state index in [1.165, 1.54) is 31.0 Å². The molecule has 2 saturated heterocycles. The highest BCUT2D eigenvalue weighted by Crippen LogP contribution is 2.29. The molecule has 2 amide bonds. The topological polar surface area (TPSA) is 52.7 Å². The Morgan fingerprint density at radius 1 is 1.07 bits per heavy atom. The molecule has 0 bridgehead atoms. The molecule has 2 heterocycles. The van der Waals surface area contributed by atoms with Crippen molar-refractivity contribution >= 4 is 40.5 Å². The molecule has 0 radical (unpaired) electrons. The number of hydrogen-bond donors (Lipinski definition) is 1. The molecular formula is C21H21ClFN3O2. The van der Waals surface area contributed by atoms with E-state index in [1.807, 2.05) is 24.3 Å². The normalized spacial score (nSPS) is 19.4. The SMILES string of the molecule is O=C(Nc1ccc(F)c(Cl)c1)C1CC(=O)N(c2ccc(N3CCCC3)cc2)C1. The Balaban J connectivity index is 1.41. The highest BCUT2D eigenvalue weighted by molar-refractivity contribution is 6.31. The van der Waals surface area contributed by atoms with Crippen LogP contribution in [-0.4, -0.2) is 31.4 Å². The fourth-order valence-electron chi connectivity index (χ4n) is 3.77. The van der Waals surface area contributed by atoms with Crippen molar-refractivity contribution in [3.63, 3.8) is 0 Å². The standard InChI is InChI=1S/C21H21ClFN3O2/c22-18-12-15(3-8-19(18)23)24-21(28)14-11-20(27)26(13-14)17-6-4-16(5-7-17)25-9-1-2-10-25/h3-8,12,14H,1-2,9-11,13H2,(H,24,28). The Morgan fingerprint density at radius 2 is 1.75 bits per heavy atom. The third-order valence-electron chi connectivity index (χ3n) is 5.32. The predicted molar refractivity (Wildman–Crippen MR) is 108 cm³/mol. The van der Waals surface area contributed by atoms with Crippen LogP contribution in [0.2, 0.25) is 5.02 Å². The van der Waals surface area contributed by atoms with Gasteiger partial charge in [-0.2, -0.15) is 0 Å². The second kappa shape index (κ2) is 7.80. The van der Waals surface area contributed by atoms with Crippen LogP contribution >= 0.6 is 11.6 Å². The minimum absolute atomic E-state index is 0.0555. The molecule has 2 fully saturated rings. The zero-order valence-corrected chi connectivity index (χ0v) is 16.1. The van der Waals surface area contributed by atoms with E-state index in [-0.39, 0.29) is 23.3 Å². The molecule has 4 rings (SSSR count). The Kier molecular flexibility index (Phi) is 5.22. The maximum Gasteiger partial charge on any atom is 0.229 e. The number of hydrogen-bond acceptors (Lipinski definition) is 3. The number of anilines is 3. The van der Waals surface area contributed by atoms with Crippen LogP contribution in [0.4, 0.5) is 21.5 Å². The molecule has 2 aliphatic heterocycles. The van der Waals surface area contributed by atoms with Gasteiger partial charge < -0.3 is 15.1 Å². The molecular weight excluding hydrogens is 381 g/mol. The van der Waals surface area contributed by atoms with Crippen molar-refractivity contribution < 1.29 is 14.0 Å². The van der Waals surface area contributed by atoms with Crippen molar-refractivity contribution in [1.82, 2.24) is 0 Å². The first-order valence-corrected chi connectivity index (χ1v) is 9.80. The van der Waals surface area contributed by atoms with Gasteiger partial charge in [-0.05, 0) is 55.3 Å². The number of carbonyl (C=O) groups excluding carboxylic acids is 2. The Labute approximate surface area is 168 Å². The van der Waals surface area contributed by atoms with Crippen molar-refractivity contribution in [2.75, 3.05) is 34.8 Å². The predicted octanol–water partition coefficient (Wildman–Crippen LogP) is 4.07. The number of amides is 2. The number of rotatable bonds is 4. The Bertz CT molecular complexity index is 897. The molecule has 1 atom stereocenters. The van der Waals surface area contributed by atoms with Gasteiger partial charge in [-0.15, -0.1) is 0 Å². The minimum atomic E-state index is -0.542. The molecule has 1 unspecified atom stereocenters. The molecule has 7 heteroatoms. The summed E-state index contributed by atoms with van der Waals surface area (Å²) in [6.07, 6.45) is 2.57. The van der Waals surface area contributed by atoms with Crippen LogP contribution in [0.3, 0.4) is 0 Å². The number of nitrogens with zero attached hydrogens (tertiary/aromatic N) is 2. The van der Waals surface area contributed by atoms with E-state index < -0.39 is 11.7 Å². The summed E-state index contributed by atoms with van der Waals surface area (Å²) in [4.78, 5) is 29.0. The number of nitrogens with one attached hydrogen (secondary N) is 1. The van der Waals surface area contributed by atoms with Gasteiger partial charge in [-0.25, -0.2) is 4.39 Å². The van der Waals surface area contributed by atoms with Gasteiger partial charge in [0.15, 0.2) is 0 Å². The first-order valence-electron chi connectivity index (χ1n) is 9.42. The molecule has 0 aromatic heterocycles. The molecule has 0 aliphatic carbocycles. The Hall–Kier alpha value is -2.60. The second-order valence-corrected chi connectivity index (χ2v) is 7.64. The summed E-state index contributed by atoms with van der Waals surface area (Å²) in [6.45, 7) is 2.46. The van der Waals surface area contributed by atoms with Crippen LogP contribution in [0.25, 0.3) is 0 Å². The molecule has 28 heavy (non-hydrogen) atoms. The van der Waals surface area contributed by atoms with Gasteiger partial charge >= 0.3 is 0 Å². The summed E-state index contributed by atoms with van der Waals surface area (Å²) in [7, 11) is 0. The van der Waals surface area contributed by atoms with Gasteiger partial charge in [0.05, 0.1) is 10.9 Å². The average molecular weight is 402 g/mol. The first-order chi connectivity index (χ1) is 13.5. The fourth-order valence-corrected chi connectivity index (χ4v) is 3.95. The highest BCUT2D eigenvalue weighted by Gasteiger charge is 2.35. The van der Waals surface area contributed by atoms with Crippen LogP contribution in [0.1, 0.15) is 19.3 Å². The Morgan fingerprint density at radius 3 is 2.43 bits per heavy atom. The molecule has 0 spiro atoms. The summed E-state index contributed by atoms with van der Waals surface area (Å²) in [5, 5.41) is 2.66. The van der Waals surface area contributed by atoms with Crippen LogP contribution in [0.15, 0.2) is 42.5 Å². The van der Waals surface area contributed by atoms with Crippen molar-refractivity contribution in [3.8, 4) is 0 Å². The largest absolute Gasteiger partial charge is 0.372 e. The lowest BCUT2D eigenvalue weighted by molar-refractivity contribution is -0.122. The minimum Gasteiger partial charge on any atom is -0.372 e. The molecule has 146 valence electrons. The van der Waals surface area contributed by atoms with Gasteiger partial charge in [0.2, 0.25) is 11.8 Å². The van der Waals surface area contributed by atoms with E-state index in [1.54, 1.807) is 4.90 Å². The van der Waals surface area contributed by atoms with Gasteiger partial charge in [-0.1, -0.05) is 11.6 Å². The summed E-state index contributed by atoms with van der Waals surface area (Å²) in [5.74, 6) is -1.35. The average Bonchev–Trinajstić information content (AvgIpc) is 3.35. The first kappa shape index (κ1) is 18.7. The van der Waals surface area contributed by atoms with Crippen LogP contribution < -0.4 is 15.1 Å². The summed E-state index contributed by atoms with van der Waals surface area (Å²) < 4.78 is 13.3. The van der Waals surface area contributed by atoms with E-state index in [2.05, 4.69) is 10.2 Å². The van der Waals surface area contributed by atoms with Crippen LogP contribution in [-0.2, 0) is 9.59 Å². The lowest BCUT2D eigenvalue weighted by atomic mass is 10.1. The zero-order valence-electron chi connectivity index (χ0n) is 15.3. The van der Waals surface area contributed by atoms with Crippen molar-refractivity contribution in [3.05, 3.63) is 53.3 Å². The summed E-state index contributed by atoms with van der Waals surface area (Å²) in [5.41, 5.74) is 2.38. The van der Waals surface area contributed by atoms with Gasteiger partial charge in [-0.3, -0.25) is 9.59 Å². The molecule has 0 saturated carbocycles. The summed E-state index contributed by atoms with van der Waals surface area (Å²) in [6, 6.07) is 11.9. The lowest BCUT2D eigenvalue weighted by Crippen LogP contribution is -2.28. The molecule has 1 N–H and O–H groups in total. The van der Waals surface area contributed by atoms with Gasteiger partial charge in [0.1, 0.15) is 5.82 Å². The molecule has 2 aliphatic rings. The maximum atomic E-state index is 13.3. The second-order valence-electron chi connectivity index (χ2n) is 7.23. The number of carbonyl (C=O) groups is 2. The van der Waals surface area contributed by atoms with E-state index in [4.69, 9.17) is 11.6 Å².